The fourth-order valence-corrected chi connectivity index (χ4v) is 0.953. The summed E-state index contributed by atoms with van der Waals surface area (Å²) in [6.07, 6.45) is 0. The third-order valence-electron chi connectivity index (χ3n) is 0.534. The van der Waals surface area contributed by atoms with Gasteiger partial charge < -0.3 is 0 Å². The Morgan fingerprint density at radius 1 is 1.60 bits per heavy atom. The summed E-state index contributed by atoms with van der Waals surface area (Å²) < 4.78 is 3.50. The number of halogens is 3. The molecule has 0 aliphatic heterocycles. The molecule has 0 aliphatic rings. The fourth-order valence-electron chi connectivity index (χ4n) is 0.198. The van der Waals surface area contributed by atoms with Crippen molar-refractivity contribution < 1.29 is 4.79 Å². The predicted octanol–water partition coefficient (Wildman–Crippen LogP) is 1.62. The van der Waals surface area contributed by atoms with Crippen LogP contribution in [0.1, 0.15) is 0 Å². The van der Waals surface area contributed by atoms with Crippen LogP contribution in [0.15, 0.2) is 3.21 Å². The van der Waals surface area contributed by atoms with Gasteiger partial charge in [-0.3, -0.25) is 15.6 Å². The van der Waals surface area contributed by atoms with E-state index < -0.39 is 0 Å². The van der Waals surface area contributed by atoms with Crippen LogP contribution in [-0.4, -0.2) is 15.6 Å². The standard InChI is InChI=1S/C3H4ClI2N3O/c4-1-2(7-6)8-9-3(5)10/h1H2,(H,7,8)(H,9,10). The first-order chi connectivity index (χ1) is 4.70. The van der Waals surface area contributed by atoms with E-state index in [4.69, 9.17) is 11.6 Å². The van der Waals surface area contributed by atoms with Gasteiger partial charge in [-0.1, -0.05) is 0 Å². The Balaban J connectivity index is 3.56. The number of hydrogen-bond acceptors (Lipinski definition) is 2. The highest BCUT2D eigenvalue weighted by atomic mass is 127. The van der Waals surface area contributed by atoms with Crippen LogP contribution in [-0.2, 0) is 0 Å². The van der Waals surface area contributed by atoms with E-state index >= 15 is 0 Å². The third kappa shape index (κ3) is 5.47. The predicted molar refractivity (Wildman–Crippen MR) is 57.9 cm³/mol. The molecular formula is C3H4ClI2N3O. The van der Waals surface area contributed by atoms with Crippen LogP contribution < -0.4 is 10.9 Å². The maximum atomic E-state index is 10.3. The van der Waals surface area contributed by atoms with Crippen LogP contribution in [0.4, 0.5) is 4.79 Å². The van der Waals surface area contributed by atoms with E-state index in [1.165, 1.54) is 0 Å². The van der Waals surface area contributed by atoms with E-state index in [1.807, 2.05) is 0 Å². The van der Waals surface area contributed by atoms with Gasteiger partial charge in [0.25, 0.3) is 3.91 Å². The van der Waals surface area contributed by atoms with Gasteiger partial charge in [-0.15, -0.1) is 11.6 Å². The molecule has 10 heavy (non-hydrogen) atoms. The first kappa shape index (κ1) is 10.7. The molecule has 0 aliphatic carbocycles. The highest BCUT2D eigenvalue weighted by Crippen LogP contribution is 1.87. The van der Waals surface area contributed by atoms with Gasteiger partial charge in [-0.2, -0.15) is 3.21 Å². The molecule has 0 unspecified atom stereocenters. The lowest BCUT2D eigenvalue weighted by atomic mass is 10.7. The normalized spacial score (nSPS) is 10.9. The number of amidine groups is 1. The Morgan fingerprint density at radius 3 is 2.50 bits per heavy atom. The number of hydrogen-bond donors (Lipinski definition) is 2. The van der Waals surface area contributed by atoms with Crippen LogP contribution in [0.5, 0.6) is 0 Å². The van der Waals surface area contributed by atoms with Crippen molar-refractivity contribution in [1.82, 2.24) is 10.9 Å². The summed E-state index contributed by atoms with van der Waals surface area (Å²) in [6, 6.07) is 0. The lowest BCUT2D eigenvalue weighted by Gasteiger charge is -2.03. The highest BCUT2D eigenvalue weighted by Gasteiger charge is 1.95. The molecule has 7 heteroatoms. The molecule has 2 N–H and O–H groups in total. The molecule has 0 saturated carbocycles. The monoisotopic (exact) mass is 387 g/mol. The molecule has 0 spiro atoms. The van der Waals surface area contributed by atoms with Gasteiger partial charge in [0.2, 0.25) is 0 Å². The van der Waals surface area contributed by atoms with Crippen molar-refractivity contribution >= 4 is 66.8 Å². The zero-order chi connectivity index (χ0) is 7.98. The lowest BCUT2D eigenvalue weighted by Crippen LogP contribution is -2.39. The van der Waals surface area contributed by atoms with E-state index in [1.54, 1.807) is 45.5 Å². The van der Waals surface area contributed by atoms with Gasteiger partial charge in [0.05, 0.1) is 28.7 Å². The smallest absolute Gasteiger partial charge is 0.283 e. The molecule has 0 aromatic rings. The molecule has 58 valence electrons. The molecule has 0 aromatic carbocycles. The SMILES string of the molecule is O=C(I)NNC(CCl)=NI. The summed E-state index contributed by atoms with van der Waals surface area (Å²) in [5.41, 5.74) is 4.85. The minimum Gasteiger partial charge on any atom is -0.283 e. The van der Waals surface area contributed by atoms with Crippen LogP contribution in [0.25, 0.3) is 0 Å². The van der Waals surface area contributed by atoms with Crippen molar-refractivity contribution in [3.05, 3.63) is 0 Å². The summed E-state index contributed by atoms with van der Waals surface area (Å²) in [5.74, 6) is 0.770. The molecule has 1 amide bonds. The number of carbonyl (C=O) groups is 1. The Morgan fingerprint density at radius 2 is 2.20 bits per heavy atom. The maximum absolute atomic E-state index is 10.3. The van der Waals surface area contributed by atoms with Crippen molar-refractivity contribution in [2.45, 2.75) is 0 Å². The van der Waals surface area contributed by atoms with Crippen LogP contribution in [0.2, 0.25) is 0 Å². The second kappa shape index (κ2) is 6.40. The number of nitrogens with zero attached hydrogens (tertiary/aromatic N) is 1. The molecule has 4 nitrogen and oxygen atoms in total. The van der Waals surface area contributed by atoms with Gasteiger partial charge >= 0.3 is 0 Å². The van der Waals surface area contributed by atoms with Crippen LogP contribution in [0, 0.1) is 0 Å². The first-order valence-corrected chi connectivity index (χ1v) is 4.73. The van der Waals surface area contributed by atoms with Crippen molar-refractivity contribution in [3.8, 4) is 0 Å². The Labute approximate surface area is 90.8 Å². The van der Waals surface area contributed by atoms with Gasteiger partial charge in [0.15, 0.2) is 0 Å². The van der Waals surface area contributed by atoms with Crippen molar-refractivity contribution in [2.75, 3.05) is 5.88 Å². The minimum absolute atomic E-state index is 0.208. The molecule has 0 heterocycles. The highest BCUT2D eigenvalue weighted by molar-refractivity contribution is 14.1. The number of hydrazine groups is 1. The topological polar surface area (TPSA) is 53.5 Å². The molecule has 0 fully saturated rings. The molecule has 0 saturated heterocycles. The molecule has 0 atom stereocenters. The summed E-state index contributed by atoms with van der Waals surface area (Å²) in [6.45, 7) is 0. The lowest BCUT2D eigenvalue weighted by molar-refractivity contribution is 0.261. The van der Waals surface area contributed by atoms with Crippen molar-refractivity contribution in [3.63, 3.8) is 0 Å². The molecule has 0 aromatic heterocycles. The van der Waals surface area contributed by atoms with Crippen LogP contribution >= 0.6 is 57.1 Å². The zero-order valence-electron chi connectivity index (χ0n) is 4.70. The van der Waals surface area contributed by atoms with E-state index in [-0.39, 0.29) is 9.79 Å². The number of alkyl halides is 1. The second-order valence-corrected chi connectivity index (χ2v) is 2.92. The summed E-state index contributed by atoms with van der Waals surface area (Å²) in [5, 5.41) is 0. The van der Waals surface area contributed by atoms with Gasteiger partial charge in [0.1, 0.15) is 5.84 Å². The zero-order valence-corrected chi connectivity index (χ0v) is 9.77. The van der Waals surface area contributed by atoms with E-state index in [9.17, 15) is 4.79 Å². The van der Waals surface area contributed by atoms with E-state index in [2.05, 4.69) is 14.1 Å². The van der Waals surface area contributed by atoms with E-state index in [0.29, 0.717) is 5.84 Å². The average molecular weight is 387 g/mol. The quantitative estimate of drug-likeness (QED) is 0.137. The van der Waals surface area contributed by atoms with E-state index in [0.717, 1.165) is 0 Å². The molecule has 0 radical (unpaired) electrons. The minimum atomic E-state index is -0.208. The first-order valence-electron chi connectivity index (χ1n) is 2.16. The second-order valence-electron chi connectivity index (χ2n) is 1.19. The Hall–Kier alpha value is 0.690. The summed E-state index contributed by atoms with van der Waals surface area (Å²) in [4.78, 5) is 10.3. The van der Waals surface area contributed by atoms with Gasteiger partial charge in [-0.05, 0) is 0 Å². The Bertz CT molecular complexity index is 151. The average Bonchev–Trinajstić information content (AvgIpc) is 1.90. The largest absolute Gasteiger partial charge is 0.298 e. The summed E-state index contributed by atoms with van der Waals surface area (Å²) in [7, 11) is 0. The van der Waals surface area contributed by atoms with Crippen LogP contribution in [0.3, 0.4) is 0 Å². The van der Waals surface area contributed by atoms with Gasteiger partial charge in [-0.25, -0.2) is 0 Å². The maximum Gasteiger partial charge on any atom is 0.298 e. The number of nitrogens with one attached hydrogen (secondary N) is 2. The third-order valence-corrected chi connectivity index (χ3v) is 1.64. The Kier molecular flexibility index (Phi) is 6.85. The molecule has 0 rings (SSSR count). The van der Waals surface area contributed by atoms with Crippen molar-refractivity contribution in [1.29, 1.82) is 0 Å². The molecule has 0 bridgehead atoms. The number of carbonyl (C=O) groups excluding carboxylic acids is 1. The fraction of sp³-hybridized carbons (Fsp3) is 0.333. The number of rotatable bonds is 1. The number of amides is 1. The summed E-state index contributed by atoms with van der Waals surface area (Å²) >= 11 is 8.78. The van der Waals surface area contributed by atoms with Crippen molar-refractivity contribution in [2.24, 2.45) is 3.21 Å². The van der Waals surface area contributed by atoms with Gasteiger partial charge in [0, 0.05) is 22.6 Å². The molecular weight excluding hydrogens is 383 g/mol.